The molecule has 0 aliphatic carbocycles. The number of nitrogens with zero attached hydrogens (tertiary/aromatic N) is 4. The zero-order valence-electron chi connectivity index (χ0n) is 11.3. The van der Waals surface area contributed by atoms with E-state index >= 15 is 0 Å². The lowest BCUT2D eigenvalue weighted by Crippen LogP contribution is -2.27. The first-order chi connectivity index (χ1) is 10.5. The molecule has 0 aliphatic rings. The average Bonchev–Trinajstić information content (AvgIpc) is 2.85. The lowest BCUT2D eigenvalue weighted by molar-refractivity contribution is -0.152. The molecule has 118 valence electrons. The van der Waals surface area contributed by atoms with Crippen LogP contribution in [0.2, 0.25) is 0 Å². The lowest BCUT2D eigenvalue weighted by atomic mass is 10.4. The number of ether oxygens (including phenoxy) is 2. The maximum Gasteiger partial charge on any atom is 0.317 e. The van der Waals surface area contributed by atoms with Gasteiger partial charge in [0.2, 0.25) is 0 Å². The summed E-state index contributed by atoms with van der Waals surface area (Å²) in [6.45, 7) is 0.00870. The van der Waals surface area contributed by atoms with Crippen LogP contribution in [0.4, 0.5) is 0 Å². The highest BCUT2D eigenvalue weighted by atomic mass is 16.6. The molecular formula is C11H13N5O6. The molecule has 0 amide bonds. The number of hydrogen-bond acceptors (Lipinski definition) is 8. The van der Waals surface area contributed by atoms with Crippen LogP contribution >= 0.6 is 0 Å². The molecule has 2 aromatic rings. The summed E-state index contributed by atoms with van der Waals surface area (Å²) in [6, 6.07) is 0. The number of fused-ring (bicyclic) bond motifs is 1. The molecule has 0 saturated heterocycles. The SMILES string of the molecule is Nn1cnc2c(ncn2COCCOC(=O)CC(=O)O)c1=O. The predicted molar refractivity (Wildman–Crippen MR) is 71.1 cm³/mol. The molecule has 0 fully saturated rings. The Labute approximate surface area is 122 Å². The minimum Gasteiger partial charge on any atom is -0.481 e. The van der Waals surface area contributed by atoms with Gasteiger partial charge in [-0.2, -0.15) is 0 Å². The van der Waals surface area contributed by atoms with Crippen LogP contribution in [0.3, 0.4) is 0 Å². The summed E-state index contributed by atoms with van der Waals surface area (Å²) in [5.41, 5.74) is -0.0533. The van der Waals surface area contributed by atoms with Crippen LogP contribution < -0.4 is 11.4 Å². The Morgan fingerprint density at radius 2 is 2.05 bits per heavy atom. The van der Waals surface area contributed by atoms with E-state index in [1.807, 2.05) is 0 Å². The second-order valence-corrected chi connectivity index (χ2v) is 4.17. The highest BCUT2D eigenvalue weighted by Crippen LogP contribution is 2.04. The zero-order chi connectivity index (χ0) is 16.1. The Morgan fingerprint density at radius 3 is 2.77 bits per heavy atom. The maximum absolute atomic E-state index is 11.7. The van der Waals surface area contributed by atoms with Gasteiger partial charge in [0.1, 0.15) is 26.1 Å². The topological polar surface area (TPSA) is 152 Å². The van der Waals surface area contributed by atoms with Crippen molar-refractivity contribution in [1.29, 1.82) is 0 Å². The predicted octanol–water partition coefficient (Wildman–Crippen LogP) is -1.70. The molecule has 11 heteroatoms. The molecule has 0 aliphatic heterocycles. The Bertz CT molecular complexity index is 751. The van der Waals surface area contributed by atoms with Gasteiger partial charge in [-0.15, -0.1) is 0 Å². The summed E-state index contributed by atoms with van der Waals surface area (Å²) in [5.74, 6) is 3.27. The van der Waals surface area contributed by atoms with Gasteiger partial charge in [0, 0.05) is 0 Å². The molecule has 2 rings (SSSR count). The molecule has 0 unspecified atom stereocenters. The Balaban J connectivity index is 1.83. The molecule has 11 nitrogen and oxygen atoms in total. The summed E-state index contributed by atoms with van der Waals surface area (Å²) in [5, 5.41) is 8.37. The normalized spacial score (nSPS) is 10.7. The number of esters is 1. The van der Waals surface area contributed by atoms with Gasteiger partial charge in [-0.1, -0.05) is 0 Å². The molecule has 0 spiro atoms. The van der Waals surface area contributed by atoms with Gasteiger partial charge in [0.05, 0.1) is 12.9 Å². The van der Waals surface area contributed by atoms with E-state index in [-0.39, 0.29) is 25.5 Å². The molecular weight excluding hydrogens is 298 g/mol. The van der Waals surface area contributed by atoms with E-state index in [9.17, 15) is 14.4 Å². The maximum atomic E-state index is 11.7. The average molecular weight is 311 g/mol. The highest BCUT2D eigenvalue weighted by molar-refractivity contribution is 5.90. The molecule has 2 aromatic heterocycles. The van der Waals surface area contributed by atoms with Crippen molar-refractivity contribution in [2.45, 2.75) is 13.2 Å². The number of aromatic nitrogens is 4. The van der Waals surface area contributed by atoms with Crippen molar-refractivity contribution in [1.82, 2.24) is 19.2 Å². The number of carbonyl (C=O) groups is 2. The van der Waals surface area contributed by atoms with Crippen LogP contribution in [0.5, 0.6) is 0 Å². The summed E-state index contributed by atoms with van der Waals surface area (Å²) in [6.07, 6.45) is 1.84. The van der Waals surface area contributed by atoms with Gasteiger partial charge in [-0.25, -0.2) is 14.6 Å². The van der Waals surface area contributed by atoms with Gasteiger partial charge in [0.15, 0.2) is 11.2 Å². The fourth-order valence-corrected chi connectivity index (χ4v) is 1.60. The number of hydrogen-bond donors (Lipinski definition) is 2. The number of carboxylic acid groups (broad SMARTS) is 1. The van der Waals surface area contributed by atoms with Gasteiger partial charge in [-0.3, -0.25) is 19.0 Å². The smallest absolute Gasteiger partial charge is 0.317 e. The van der Waals surface area contributed by atoms with Gasteiger partial charge < -0.3 is 20.4 Å². The first-order valence-corrected chi connectivity index (χ1v) is 6.11. The fourth-order valence-electron chi connectivity index (χ4n) is 1.60. The minimum atomic E-state index is -1.26. The molecule has 0 aromatic carbocycles. The highest BCUT2D eigenvalue weighted by Gasteiger charge is 2.10. The van der Waals surface area contributed by atoms with Crippen LogP contribution in [0, 0.1) is 0 Å². The second kappa shape index (κ2) is 6.67. The molecule has 0 saturated carbocycles. The van der Waals surface area contributed by atoms with Crippen molar-refractivity contribution in [3.8, 4) is 0 Å². The zero-order valence-corrected chi connectivity index (χ0v) is 11.3. The third-order valence-corrected chi connectivity index (χ3v) is 2.57. The standard InChI is InChI=1S/C11H13N5O6/c12-16-5-14-10-9(11(16)20)13-4-15(10)6-21-1-2-22-8(19)3-7(17)18/h4-5H,1-3,6,12H2,(H,17,18). The number of imidazole rings is 1. The molecule has 3 N–H and O–H groups in total. The summed E-state index contributed by atoms with van der Waals surface area (Å²) in [7, 11) is 0. The van der Waals surface area contributed by atoms with Crippen LogP contribution in [0.15, 0.2) is 17.4 Å². The van der Waals surface area contributed by atoms with Gasteiger partial charge >= 0.3 is 11.9 Å². The fraction of sp³-hybridized carbons (Fsp3) is 0.364. The summed E-state index contributed by atoms with van der Waals surface area (Å²) >= 11 is 0. The quantitative estimate of drug-likeness (QED) is 0.264. The molecule has 0 atom stereocenters. The van der Waals surface area contributed by atoms with E-state index in [1.54, 1.807) is 0 Å². The lowest BCUT2D eigenvalue weighted by Gasteiger charge is -2.06. The number of rotatable bonds is 7. The van der Waals surface area contributed by atoms with E-state index in [0.717, 1.165) is 11.0 Å². The second-order valence-electron chi connectivity index (χ2n) is 4.17. The number of aliphatic carboxylic acids is 1. The Hall–Kier alpha value is -2.95. The number of nitrogen functional groups attached to an aromatic ring is 1. The molecule has 2 heterocycles. The van der Waals surface area contributed by atoms with Crippen molar-refractivity contribution in [3.63, 3.8) is 0 Å². The van der Waals surface area contributed by atoms with Crippen LogP contribution in [0.1, 0.15) is 6.42 Å². The number of nitrogens with two attached hydrogens (primary N) is 1. The molecule has 0 radical (unpaired) electrons. The van der Waals surface area contributed by atoms with Gasteiger partial charge in [-0.05, 0) is 0 Å². The van der Waals surface area contributed by atoms with E-state index in [0.29, 0.717) is 5.65 Å². The van der Waals surface area contributed by atoms with Crippen molar-refractivity contribution in [3.05, 3.63) is 23.0 Å². The van der Waals surface area contributed by atoms with Crippen molar-refractivity contribution in [2.75, 3.05) is 19.1 Å². The van der Waals surface area contributed by atoms with Crippen molar-refractivity contribution < 1.29 is 24.2 Å². The monoisotopic (exact) mass is 311 g/mol. The van der Waals surface area contributed by atoms with E-state index in [2.05, 4.69) is 14.7 Å². The van der Waals surface area contributed by atoms with E-state index < -0.39 is 23.9 Å². The first-order valence-electron chi connectivity index (χ1n) is 6.11. The number of carbonyl (C=O) groups excluding carboxylic acids is 1. The van der Waals surface area contributed by atoms with Crippen molar-refractivity contribution >= 4 is 23.1 Å². The molecule has 0 bridgehead atoms. The summed E-state index contributed by atoms with van der Waals surface area (Å²) < 4.78 is 12.2. The summed E-state index contributed by atoms with van der Waals surface area (Å²) in [4.78, 5) is 40.7. The van der Waals surface area contributed by atoms with E-state index in [4.69, 9.17) is 15.7 Å². The van der Waals surface area contributed by atoms with Gasteiger partial charge in [0.25, 0.3) is 5.56 Å². The van der Waals surface area contributed by atoms with Crippen LogP contribution in [-0.2, 0) is 25.8 Å². The van der Waals surface area contributed by atoms with Crippen LogP contribution in [-0.4, -0.2) is 49.5 Å². The third-order valence-electron chi connectivity index (χ3n) is 2.57. The minimum absolute atomic E-state index is 0.0357. The molecule has 22 heavy (non-hydrogen) atoms. The largest absolute Gasteiger partial charge is 0.481 e. The Kier molecular flexibility index (Phi) is 4.68. The number of carboxylic acids is 1. The first kappa shape index (κ1) is 15.4. The van der Waals surface area contributed by atoms with Crippen molar-refractivity contribution in [2.24, 2.45) is 0 Å². The van der Waals surface area contributed by atoms with E-state index in [1.165, 1.54) is 10.9 Å². The third kappa shape index (κ3) is 3.58. The Morgan fingerprint density at radius 1 is 1.27 bits per heavy atom. The van der Waals surface area contributed by atoms with Crippen LogP contribution in [0.25, 0.3) is 11.2 Å².